The van der Waals surface area contributed by atoms with Crippen LogP contribution in [-0.4, -0.2) is 44.5 Å². The van der Waals surface area contributed by atoms with Crippen molar-refractivity contribution in [1.82, 2.24) is 4.90 Å². The first-order valence-electron chi connectivity index (χ1n) is 8.95. The number of ether oxygens (including phenoxy) is 2. The molecule has 0 amide bonds. The molecule has 24 heavy (non-hydrogen) atoms. The highest BCUT2D eigenvalue weighted by atomic mass is 16.5. The highest BCUT2D eigenvalue weighted by Gasteiger charge is 2.40. The third-order valence-electron chi connectivity index (χ3n) is 4.88. The normalized spacial score (nSPS) is 25.6. The first-order chi connectivity index (χ1) is 11.6. The van der Waals surface area contributed by atoms with E-state index in [1.54, 1.807) is 14.2 Å². The van der Waals surface area contributed by atoms with Crippen LogP contribution in [-0.2, 0) is 4.79 Å². The number of para-hydroxylation sites is 2. The van der Waals surface area contributed by atoms with Crippen LogP contribution < -0.4 is 9.47 Å². The summed E-state index contributed by atoms with van der Waals surface area (Å²) in [4.78, 5) is 13.7. The summed E-state index contributed by atoms with van der Waals surface area (Å²) >= 11 is 0. The Hall–Kier alpha value is -1.55. The lowest BCUT2D eigenvalue weighted by Gasteiger charge is -2.33. The molecule has 1 aliphatic carbocycles. The number of methoxy groups -OCH3 is 2. The number of carbonyl (C=O) groups is 1. The number of Topliss-reactive ketones (excluding diaryl/α,β-unsaturated/α-hetero) is 1. The third kappa shape index (κ3) is 5.23. The number of rotatable bonds is 2. The number of hydrogen-bond donors (Lipinski definition) is 0. The zero-order valence-electron chi connectivity index (χ0n) is 16.0. The van der Waals surface area contributed by atoms with E-state index in [9.17, 15) is 4.79 Å². The smallest absolute Gasteiger partial charge is 0.160 e. The molecule has 1 saturated carbocycles. The highest BCUT2D eigenvalue weighted by molar-refractivity contribution is 5.80. The van der Waals surface area contributed by atoms with Crippen molar-refractivity contribution in [2.24, 2.45) is 11.8 Å². The Morgan fingerprint density at radius 1 is 1.04 bits per heavy atom. The predicted octanol–water partition coefficient (Wildman–Crippen LogP) is 4.04. The van der Waals surface area contributed by atoms with E-state index in [0.29, 0.717) is 17.7 Å². The van der Waals surface area contributed by atoms with Crippen LogP contribution in [0.2, 0.25) is 0 Å². The lowest BCUT2D eigenvalue weighted by atomic mass is 9.77. The van der Waals surface area contributed by atoms with Crippen molar-refractivity contribution < 1.29 is 14.3 Å². The molecular formula is C20H33NO3. The summed E-state index contributed by atoms with van der Waals surface area (Å²) in [6, 6.07) is 8.10. The van der Waals surface area contributed by atoms with Crippen LogP contribution in [0.15, 0.2) is 24.3 Å². The maximum Gasteiger partial charge on any atom is 0.160 e. The first kappa shape index (κ1) is 20.5. The molecule has 0 bridgehead atoms. The van der Waals surface area contributed by atoms with Gasteiger partial charge in [-0.2, -0.15) is 0 Å². The van der Waals surface area contributed by atoms with Gasteiger partial charge in [-0.1, -0.05) is 32.9 Å². The minimum absolute atomic E-state index is 0.470. The van der Waals surface area contributed by atoms with E-state index in [0.717, 1.165) is 30.3 Å². The van der Waals surface area contributed by atoms with Gasteiger partial charge in [0.05, 0.1) is 14.2 Å². The molecule has 0 spiro atoms. The Balaban J connectivity index is 0.000000221. The summed E-state index contributed by atoms with van der Waals surface area (Å²) in [5.74, 6) is 3.43. The monoisotopic (exact) mass is 335 g/mol. The molecule has 3 rings (SSSR count). The van der Waals surface area contributed by atoms with Gasteiger partial charge in [-0.3, -0.25) is 4.79 Å². The maximum atomic E-state index is 11.3. The number of hydrogen-bond acceptors (Lipinski definition) is 4. The Bertz CT molecular complexity index is 480. The molecule has 136 valence electrons. The Morgan fingerprint density at radius 2 is 1.58 bits per heavy atom. The molecule has 3 atom stereocenters. The van der Waals surface area contributed by atoms with Gasteiger partial charge in [-0.05, 0) is 44.0 Å². The summed E-state index contributed by atoms with van der Waals surface area (Å²) in [5.41, 5.74) is 0. The van der Waals surface area contributed by atoms with Crippen LogP contribution in [0.5, 0.6) is 11.5 Å². The SMILES string of the molecule is CC.CC1CC(=O)CC2C1CCN2C.COc1ccccc1OC. The van der Waals surface area contributed by atoms with Crippen LogP contribution in [0.1, 0.15) is 40.0 Å². The topological polar surface area (TPSA) is 38.8 Å². The van der Waals surface area contributed by atoms with E-state index in [2.05, 4.69) is 18.9 Å². The van der Waals surface area contributed by atoms with Gasteiger partial charge in [0.2, 0.25) is 0 Å². The summed E-state index contributed by atoms with van der Waals surface area (Å²) in [7, 11) is 5.39. The van der Waals surface area contributed by atoms with Crippen LogP contribution in [0, 0.1) is 11.8 Å². The van der Waals surface area contributed by atoms with E-state index >= 15 is 0 Å². The van der Waals surface area contributed by atoms with E-state index in [1.165, 1.54) is 13.0 Å². The quantitative estimate of drug-likeness (QED) is 0.818. The fourth-order valence-corrected chi connectivity index (χ4v) is 3.62. The third-order valence-corrected chi connectivity index (χ3v) is 4.88. The molecule has 0 aromatic heterocycles. The van der Waals surface area contributed by atoms with Crippen molar-refractivity contribution in [1.29, 1.82) is 0 Å². The maximum absolute atomic E-state index is 11.3. The van der Waals surface area contributed by atoms with Crippen molar-refractivity contribution in [3.05, 3.63) is 24.3 Å². The van der Waals surface area contributed by atoms with Crippen LogP contribution in [0.4, 0.5) is 0 Å². The van der Waals surface area contributed by atoms with Gasteiger partial charge in [0, 0.05) is 18.9 Å². The van der Waals surface area contributed by atoms with Gasteiger partial charge in [-0.25, -0.2) is 0 Å². The standard InChI is InChI=1S/C10H17NO.C8H10O2.C2H6/c1-7-5-8(12)6-10-9(7)3-4-11(10)2;1-9-7-5-3-4-6-8(7)10-2;1-2/h7,9-10H,3-6H2,1-2H3;3-6H,1-2H3;1-2H3. The molecule has 1 aromatic carbocycles. The average Bonchev–Trinajstić information content (AvgIpc) is 2.98. The number of likely N-dealkylation sites (tertiary alicyclic amines) is 1. The van der Waals surface area contributed by atoms with Crippen molar-refractivity contribution in [3.63, 3.8) is 0 Å². The van der Waals surface area contributed by atoms with Crippen LogP contribution >= 0.6 is 0 Å². The predicted molar refractivity (Wildman–Crippen MR) is 98.8 cm³/mol. The van der Waals surface area contributed by atoms with Crippen molar-refractivity contribution >= 4 is 5.78 Å². The molecule has 1 heterocycles. The van der Waals surface area contributed by atoms with Gasteiger partial charge >= 0.3 is 0 Å². The highest BCUT2D eigenvalue weighted by Crippen LogP contribution is 2.37. The van der Waals surface area contributed by atoms with Crippen LogP contribution in [0.25, 0.3) is 0 Å². The minimum Gasteiger partial charge on any atom is -0.493 e. The van der Waals surface area contributed by atoms with Gasteiger partial charge in [0.1, 0.15) is 5.78 Å². The number of ketones is 1. The number of nitrogens with zero attached hydrogens (tertiary/aromatic N) is 1. The Morgan fingerprint density at radius 3 is 2.08 bits per heavy atom. The van der Waals surface area contributed by atoms with Crippen molar-refractivity contribution in [2.75, 3.05) is 27.8 Å². The second-order valence-corrected chi connectivity index (χ2v) is 6.28. The molecule has 2 fully saturated rings. The fourth-order valence-electron chi connectivity index (χ4n) is 3.62. The lowest BCUT2D eigenvalue weighted by Crippen LogP contribution is -2.38. The molecule has 2 aliphatic rings. The molecule has 1 aromatic rings. The minimum atomic E-state index is 0.470. The molecule has 4 nitrogen and oxygen atoms in total. The second-order valence-electron chi connectivity index (χ2n) is 6.28. The lowest BCUT2D eigenvalue weighted by molar-refractivity contribution is -0.123. The summed E-state index contributed by atoms with van der Waals surface area (Å²) < 4.78 is 10.0. The Kier molecular flexibility index (Phi) is 8.83. The van der Waals surface area contributed by atoms with Crippen molar-refractivity contribution in [2.45, 2.75) is 46.1 Å². The van der Waals surface area contributed by atoms with Gasteiger partial charge in [0.25, 0.3) is 0 Å². The van der Waals surface area contributed by atoms with Gasteiger partial charge in [0.15, 0.2) is 11.5 Å². The molecule has 1 aliphatic heterocycles. The fraction of sp³-hybridized carbons (Fsp3) is 0.650. The summed E-state index contributed by atoms with van der Waals surface area (Å²) in [5, 5.41) is 0. The number of fused-ring (bicyclic) bond motifs is 1. The molecular weight excluding hydrogens is 302 g/mol. The largest absolute Gasteiger partial charge is 0.493 e. The second kappa shape index (κ2) is 10.3. The van der Waals surface area contributed by atoms with Crippen LogP contribution in [0.3, 0.4) is 0 Å². The Labute approximate surface area is 147 Å². The van der Waals surface area contributed by atoms with Crippen molar-refractivity contribution in [3.8, 4) is 11.5 Å². The average molecular weight is 335 g/mol. The first-order valence-corrected chi connectivity index (χ1v) is 8.95. The van der Waals surface area contributed by atoms with E-state index in [1.807, 2.05) is 38.1 Å². The van der Waals surface area contributed by atoms with E-state index in [4.69, 9.17) is 9.47 Å². The molecule has 3 unspecified atom stereocenters. The van der Waals surface area contributed by atoms with E-state index < -0.39 is 0 Å². The molecule has 4 heteroatoms. The van der Waals surface area contributed by atoms with Gasteiger partial charge < -0.3 is 14.4 Å². The number of carbonyl (C=O) groups excluding carboxylic acids is 1. The summed E-state index contributed by atoms with van der Waals surface area (Å²) in [6.07, 6.45) is 2.94. The summed E-state index contributed by atoms with van der Waals surface area (Å²) in [6.45, 7) is 7.42. The molecule has 1 saturated heterocycles. The van der Waals surface area contributed by atoms with Gasteiger partial charge in [-0.15, -0.1) is 0 Å². The van der Waals surface area contributed by atoms with E-state index in [-0.39, 0.29) is 0 Å². The number of benzene rings is 1. The zero-order chi connectivity index (χ0) is 18.1. The molecule has 0 radical (unpaired) electrons. The zero-order valence-corrected chi connectivity index (χ0v) is 16.0. The molecule has 0 N–H and O–H groups in total.